The quantitative estimate of drug-likeness (QED) is 0.339. The Morgan fingerprint density at radius 1 is 1.03 bits per heavy atom. The van der Waals surface area contributed by atoms with E-state index in [1.165, 1.54) is 0 Å². The average Bonchev–Trinajstić information content (AvgIpc) is 3.53. The lowest BCUT2D eigenvalue weighted by Gasteiger charge is -2.22. The van der Waals surface area contributed by atoms with Crippen molar-refractivity contribution in [1.82, 2.24) is 9.88 Å². The van der Waals surface area contributed by atoms with Crippen LogP contribution in [0.4, 0.5) is 0 Å². The molecule has 5 rings (SSSR count). The maximum absolute atomic E-state index is 10.9. The Kier molecular flexibility index (Phi) is 7.11. The molecule has 0 bridgehead atoms. The molecule has 0 spiro atoms. The van der Waals surface area contributed by atoms with E-state index in [2.05, 4.69) is 4.90 Å². The minimum atomic E-state index is -1.00. The molecule has 0 unspecified atom stereocenters. The van der Waals surface area contributed by atoms with Gasteiger partial charge < -0.3 is 19.0 Å². The number of aromatic nitrogens is 1. The molecule has 2 atom stereocenters. The fraction of sp³-hybridized carbons (Fsp3) is 0.241. The van der Waals surface area contributed by atoms with Crippen LogP contribution < -0.4 is 4.74 Å². The third-order valence-electron chi connectivity index (χ3n) is 6.36. The molecular weight excluding hydrogens is 456 g/mol. The van der Waals surface area contributed by atoms with E-state index < -0.39 is 5.97 Å². The van der Waals surface area contributed by atoms with E-state index in [0.29, 0.717) is 18.2 Å². The van der Waals surface area contributed by atoms with Gasteiger partial charge in [0.15, 0.2) is 12.4 Å². The summed E-state index contributed by atoms with van der Waals surface area (Å²) in [5, 5.41) is 8.92. The fourth-order valence-electron chi connectivity index (χ4n) is 4.63. The first-order valence-electron chi connectivity index (χ1n) is 11.9. The van der Waals surface area contributed by atoms with Crippen LogP contribution in [0.2, 0.25) is 0 Å². The highest BCUT2D eigenvalue weighted by atomic mass is 16.5. The molecule has 36 heavy (non-hydrogen) atoms. The molecule has 3 aromatic carbocycles. The predicted octanol–water partition coefficient (Wildman–Crippen LogP) is 5.43. The number of likely N-dealkylation sites (tertiary alicyclic amines) is 1. The van der Waals surface area contributed by atoms with E-state index in [4.69, 9.17) is 24.0 Å². The number of carboxylic acids is 1. The van der Waals surface area contributed by atoms with E-state index in [-0.39, 0.29) is 18.8 Å². The summed E-state index contributed by atoms with van der Waals surface area (Å²) in [6.45, 7) is 0.978. The third-order valence-corrected chi connectivity index (χ3v) is 6.36. The first-order chi connectivity index (χ1) is 17.6. The maximum Gasteiger partial charge on any atom is 0.341 e. The van der Waals surface area contributed by atoms with Crippen molar-refractivity contribution >= 4 is 5.97 Å². The van der Waals surface area contributed by atoms with E-state index in [1.807, 2.05) is 78.9 Å². The molecule has 1 fully saturated rings. The van der Waals surface area contributed by atoms with Gasteiger partial charge in [-0.15, -0.1) is 0 Å². The van der Waals surface area contributed by atoms with E-state index in [1.54, 1.807) is 13.2 Å². The Bertz CT molecular complexity index is 1250. The lowest BCUT2D eigenvalue weighted by atomic mass is 10.1. The first kappa shape index (κ1) is 23.8. The van der Waals surface area contributed by atoms with Gasteiger partial charge in [-0.2, -0.15) is 0 Å². The summed E-state index contributed by atoms with van der Waals surface area (Å²) in [7, 11) is 1.73. The van der Waals surface area contributed by atoms with Crippen molar-refractivity contribution in [3.05, 3.63) is 96.4 Å². The molecule has 1 N–H and O–H groups in total. The van der Waals surface area contributed by atoms with Crippen LogP contribution in [0, 0.1) is 0 Å². The zero-order valence-corrected chi connectivity index (χ0v) is 20.0. The number of carbonyl (C=O) groups is 1. The van der Waals surface area contributed by atoms with Crippen LogP contribution in [-0.2, 0) is 16.1 Å². The van der Waals surface area contributed by atoms with Gasteiger partial charge in [0.2, 0.25) is 5.89 Å². The summed E-state index contributed by atoms with van der Waals surface area (Å²) < 4.78 is 17.6. The molecule has 0 radical (unpaired) electrons. The van der Waals surface area contributed by atoms with Crippen molar-refractivity contribution in [2.75, 3.05) is 20.3 Å². The number of oxazole rings is 1. The summed E-state index contributed by atoms with van der Waals surface area (Å²) in [4.78, 5) is 18.2. The molecule has 1 aliphatic rings. The number of ether oxygens (including phenoxy) is 2. The topological polar surface area (TPSA) is 85.0 Å². The van der Waals surface area contributed by atoms with Crippen LogP contribution in [0.25, 0.3) is 22.6 Å². The van der Waals surface area contributed by atoms with Gasteiger partial charge in [0.25, 0.3) is 0 Å². The highest BCUT2D eigenvalue weighted by Gasteiger charge is 2.37. The molecule has 4 aromatic rings. The first-order valence-corrected chi connectivity index (χ1v) is 11.9. The van der Waals surface area contributed by atoms with Gasteiger partial charge >= 0.3 is 5.97 Å². The van der Waals surface area contributed by atoms with Crippen LogP contribution in [0.3, 0.4) is 0 Å². The zero-order valence-electron chi connectivity index (χ0n) is 20.0. The van der Waals surface area contributed by atoms with Crippen molar-refractivity contribution in [2.45, 2.75) is 25.1 Å². The smallest absolute Gasteiger partial charge is 0.341 e. The monoisotopic (exact) mass is 484 g/mol. The van der Waals surface area contributed by atoms with Crippen molar-refractivity contribution in [2.24, 2.45) is 0 Å². The minimum Gasteiger partial charge on any atom is -0.482 e. The summed E-state index contributed by atoms with van der Waals surface area (Å²) in [5.41, 5.74) is 3.81. The lowest BCUT2D eigenvalue weighted by molar-refractivity contribution is -0.139. The van der Waals surface area contributed by atoms with Crippen molar-refractivity contribution in [3.8, 4) is 28.3 Å². The highest BCUT2D eigenvalue weighted by Crippen LogP contribution is 2.40. The second-order valence-electron chi connectivity index (χ2n) is 8.83. The van der Waals surface area contributed by atoms with Gasteiger partial charge in [-0.3, -0.25) is 4.90 Å². The standard InChI is InChI=1S/C29H28N2O5/c1-34-24-16-25(31(18-24)17-20-9-8-14-23(15-20)35-19-26(32)33)29-30-27(21-10-4-2-5-11-21)28(36-29)22-12-6-3-7-13-22/h2-15,24-25H,16-19H2,1H3,(H,32,33)/t24-,25-/m1/s1. The van der Waals surface area contributed by atoms with Crippen molar-refractivity contribution in [1.29, 1.82) is 0 Å². The summed E-state index contributed by atoms with van der Waals surface area (Å²) in [5.74, 6) is 0.935. The molecule has 1 aromatic heterocycles. The van der Waals surface area contributed by atoms with Crippen LogP contribution >= 0.6 is 0 Å². The van der Waals surface area contributed by atoms with E-state index in [9.17, 15) is 4.79 Å². The summed E-state index contributed by atoms with van der Waals surface area (Å²) >= 11 is 0. The highest BCUT2D eigenvalue weighted by molar-refractivity contribution is 5.76. The van der Waals surface area contributed by atoms with Crippen LogP contribution in [0.15, 0.2) is 89.3 Å². The van der Waals surface area contributed by atoms with Gasteiger partial charge in [0.05, 0.1) is 12.1 Å². The maximum atomic E-state index is 10.9. The number of benzene rings is 3. The molecule has 2 heterocycles. The van der Waals surface area contributed by atoms with Crippen molar-refractivity contribution in [3.63, 3.8) is 0 Å². The molecule has 0 amide bonds. The van der Waals surface area contributed by atoms with Crippen LogP contribution in [0.1, 0.15) is 23.9 Å². The van der Waals surface area contributed by atoms with Gasteiger partial charge in [0.1, 0.15) is 11.4 Å². The molecule has 7 heteroatoms. The number of aliphatic carboxylic acids is 1. The molecule has 0 aliphatic carbocycles. The number of carboxylic acid groups (broad SMARTS) is 1. The number of hydrogen-bond donors (Lipinski definition) is 1. The lowest BCUT2D eigenvalue weighted by Crippen LogP contribution is -2.25. The van der Waals surface area contributed by atoms with E-state index >= 15 is 0 Å². The van der Waals surface area contributed by atoms with Crippen LogP contribution in [0.5, 0.6) is 5.75 Å². The number of hydrogen-bond acceptors (Lipinski definition) is 6. The Morgan fingerprint density at radius 3 is 2.44 bits per heavy atom. The number of methoxy groups -OCH3 is 1. The molecule has 0 saturated carbocycles. The summed E-state index contributed by atoms with van der Waals surface area (Å²) in [6.07, 6.45) is 0.808. The van der Waals surface area contributed by atoms with Gasteiger partial charge in [-0.05, 0) is 24.1 Å². The second-order valence-corrected chi connectivity index (χ2v) is 8.83. The van der Waals surface area contributed by atoms with E-state index in [0.717, 1.165) is 41.1 Å². The fourth-order valence-corrected chi connectivity index (χ4v) is 4.63. The molecule has 7 nitrogen and oxygen atoms in total. The average molecular weight is 485 g/mol. The summed E-state index contributed by atoms with van der Waals surface area (Å²) in [6, 6.07) is 27.6. The van der Waals surface area contributed by atoms with Gasteiger partial charge in [-0.25, -0.2) is 9.78 Å². The molecule has 184 valence electrons. The number of rotatable bonds is 9. The second kappa shape index (κ2) is 10.8. The Hall–Kier alpha value is -3.94. The molecule has 1 aliphatic heterocycles. The molecule has 1 saturated heterocycles. The largest absolute Gasteiger partial charge is 0.482 e. The SMILES string of the molecule is CO[C@@H]1C[C@H](c2nc(-c3ccccc3)c(-c3ccccc3)o2)N(Cc2cccc(OCC(=O)O)c2)C1. The van der Waals surface area contributed by atoms with Gasteiger partial charge in [-0.1, -0.05) is 72.8 Å². The zero-order chi connectivity index (χ0) is 24.9. The Labute approximate surface area is 209 Å². The number of nitrogens with zero attached hydrogens (tertiary/aromatic N) is 2. The minimum absolute atomic E-state index is 0.0497. The predicted molar refractivity (Wildman–Crippen MR) is 136 cm³/mol. The van der Waals surface area contributed by atoms with Crippen LogP contribution in [-0.4, -0.2) is 47.3 Å². The van der Waals surface area contributed by atoms with Gasteiger partial charge in [0, 0.05) is 31.3 Å². The van der Waals surface area contributed by atoms with Crippen molar-refractivity contribution < 1.29 is 23.8 Å². The molecular formula is C29H28N2O5. The third kappa shape index (κ3) is 5.32. The normalized spacial score (nSPS) is 17.8. The Balaban J connectivity index is 1.47. The Morgan fingerprint density at radius 2 is 1.75 bits per heavy atom.